The molecule has 1 aromatic heterocycles. The zero-order chi connectivity index (χ0) is 17.8. The zero-order valence-electron chi connectivity index (χ0n) is 15.4. The van der Waals surface area contributed by atoms with Crippen LogP contribution >= 0.6 is 24.0 Å². The molecule has 4 rings (SSSR count). The van der Waals surface area contributed by atoms with Gasteiger partial charge in [0.25, 0.3) is 0 Å². The van der Waals surface area contributed by atoms with E-state index in [1.165, 1.54) is 30.4 Å². The van der Waals surface area contributed by atoms with E-state index in [0.717, 1.165) is 30.7 Å². The van der Waals surface area contributed by atoms with Gasteiger partial charge in [-0.1, -0.05) is 36.4 Å². The lowest BCUT2D eigenvalue weighted by Crippen LogP contribution is -2.40. The van der Waals surface area contributed by atoms with Gasteiger partial charge in [-0.05, 0) is 42.5 Å². The molecule has 142 valence electrons. The van der Waals surface area contributed by atoms with Crippen LogP contribution in [-0.2, 0) is 13.1 Å². The second kappa shape index (κ2) is 9.21. The summed E-state index contributed by atoms with van der Waals surface area (Å²) in [6.07, 6.45) is 5.64. The number of guanidine groups is 1. The normalized spacial score (nSPS) is 15.0. The van der Waals surface area contributed by atoms with Gasteiger partial charge in [0.15, 0.2) is 5.96 Å². The van der Waals surface area contributed by atoms with Gasteiger partial charge < -0.3 is 15.2 Å². The number of imidazole rings is 1. The fourth-order valence-electron chi connectivity index (χ4n) is 3.48. The molecule has 0 radical (unpaired) electrons. The SMILES string of the molecule is I.NC(=NCc1ccc(Cn2cnc3ccccc32)cc1)N1CCCCC1. The molecule has 0 amide bonds. The number of rotatable bonds is 4. The lowest BCUT2D eigenvalue weighted by molar-refractivity contribution is 0.338. The summed E-state index contributed by atoms with van der Waals surface area (Å²) in [5.74, 6) is 0.679. The van der Waals surface area contributed by atoms with E-state index in [1.54, 1.807) is 0 Å². The Bertz CT molecular complexity index is 894. The van der Waals surface area contributed by atoms with Crippen LogP contribution in [0.5, 0.6) is 0 Å². The largest absolute Gasteiger partial charge is 0.370 e. The van der Waals surface area contributed by atoms with Gasteiger partial charge in [0, 0.05) is 19.6 Å². The third kappa shape index (κ3) is 4.80. The lowest BCUT2D eigenvalue weighted by atomic mass is 10.1. The number of benzene rings is 2. The molecular weight excluding hydrogens is 449 g/mol. The second-order valence-electron chi connectivity index (χ2n) is 6.90. The maximum Gasteiger partial charge on any atom is 0.191 e. The van der Waals surface area contributed by atoms with Crippen LogP contribution in [0.25, 0.3) is 11.0 Å². The highest BCUT2D eigenvalue weighted by atomic mass is 127. The van der Waals surface area contributed by atoms with Crippen LogP contribution in [0.3, 0.4) is 0 Å². The van der Waals surface area contributed by atoms with E-state index in [-0.39, 0.29) is 24.0 Å². The first-order valence-corrected chi connectivity index (χ1v) is 9.32. The van der Waals surface area contributed by atoms with Crippen LogP contribution < -0.4 is 5.73 Å². The Morgan fingerprint density at radius 1 is 0.963 bits per heavy atom. The minimum absolute atomic E-state index is 0. The number of nitrogens with two attached hydrogens (primary N) is 1. The maximum absolute atomic E-state index is 6.13. The molecule has 5 nitrogen and oxygen atoms in total. The second-order valence-corrected chi connectivity index (χ2v) is 6.90. The van der Waals surface area contributed by atoms with Crippen molar-refractivity contribution < 1.29 is 0 Å². The van der Waals surface area contributed by atoms with Crippen molar-refractivity contribution in [2.24, 2.45) is 10.7 Å². The van der Waals surface area contributed by atoms with Crippen molar-refractivity contribution in [2.45, 2.75) is 32.4 Å². The fraction of sp³-hybridized carbons (Fsp3) is 0.333. The Morgan fingerprint density at radius 3 is 2.44 bits per heavy atom. The summed E-state index contributed by atoms with van der Waals surface area (Å²) in [5, 5.41) is 0. The van der Waals surface area contributed by atoms with Crippen LogP contribution in [0.4, 0.5) is 0 Å². The van der Waals surface area contributed by atoms with Gasteiger partial charge in [-0.3, -0.25) is 0 Å². The summed E-state index contributed by atoms with van der Waals surface area (Å²) in [6, 6.07) is 16.8. The molecule has 0 unspecified atom stereocenters. The predicted octanol–water partition coefficient (Wildman–Crippen LogP) is 4.00. The Hall–Kier alpha value is -2.09. The Kier molecular flexibility index (Phi) is 6.71. The molecule has 3 aromatic rings. The Labute approximate surface area is 177 Å². The quantitative estimate of drug-likeness (QED) is 0.353. The molecule has 2 N–H and O–H groups in total. The highest BCUT2D eigenvalue weighted by Gasteiger charge is 2.11. The van der Waals surface area contributed by atoms with E-state index in [4.69, 9.17) is 5.73 Å². The monoisotopic (exact) mass is 475 g/mol. The summed E-state index contributed by atoms with van der Waals surface area (Å²) >= 11 is 0. The summed E-state index contributed by atoms with van der Waals surface area (Å²) < 4.78 is 2.18. The number of hydrogen-bond donors (Lipinski definition) is 1. The fourth-order valence-corrected chi connectivity index (χ4v) is 3.48. The van der Waals surface area contributed by atoms with Gasteiger partial charge >= 0.3 is 0 Å². The van der Waals surface area contributed by atoms with E-state index >= 15 is 0 Å². The maximum atomic E-state index is 6.13. The molecule has 2 heterocycles. The first kappa shape index (κ1) is 19.7. The average Bonchev–Trinajstić information content (AvgIpc) is 3.11. The molecular formula is C21H26IN5. The first-order chi connectivity index (χ1) is 12.8. The summed E-state index contributed by atoms with van der Waals surface area (Å²) in [6.45, 7) is 3.52. The zero-order valence-corrected chi connectivity index (χ0v) is 17.8. The van der Waals surface area contributed by atoms with E-state index in [0.29, 0.717) is 12.5 Å². The van der Waals surface area contributed by atoms with Gasteiger partial charge in [-0.2, -0.15) is 0 Å². The molecule has 2 aromatic carbocycles. The van der Waals surface area contributed by atoms with Gasteiger partial charge in [-0.15, -0.1) is 24.0 Å². The summed E-state index contributed by atoms with van der Waals surface area (Å²) in [4.78, 5) is 11.2. The topological polar surface area (TPSA) is 59.4 Å². The molecule has 1 saturated heterocycles. The van der Waals surface area contributed by atoms with Crippen molar-refractivity contribution in [2.75, 3.05) is 13.1 Å². The molecule has 1 aliphatic heterocycles. The van der Waals surface area contributed by atoms with Crippen molar-refractivity contribution in [1.29, 1.82) is 0 Å². The number of piperidine rings is 1. The molecule has 1 fully saturated rings. The number of halogens is 1. The van der Waals surface area contributed by atoms with Crippen molar-refractivity contribution in [3.8, 4) is 0 Å². The van der Waals surface area contributed by atoms with Gasteiger partial charge in [0.1, 0.15) is 0 Å². The summed E-state index contributed by atoms with van der Waals surface area (Å²) in [5.41, 5.74) is 10.8. The van der Waals surface area contributed by atoms with Crippen LogP contribution in [0.1, 0.15) is 30.4 Å². The molecule has 0 bridgehead atoms. The molecule has 0 saturated carbocycles. The molecule has 27 heavy (non-hydrogen) atoms. The van der Waals surface area contributed by atoms with Crippen molar-refractivity contribution in [3.05, 3.63) is 66.0 Å². The predicted molar refractivity (Wildman–Crippen MR) is 121 cm³/mol. The Morgan fingerprint density at radius 2 is 1.67 bits per heavy atom. The molecule has 0 spiro atoms. The molecule has 1 aliphatic rings. The van der Waals surface area contributed by atoms with Crippen LogP contribution in [-0.4, -0.2) is 33.5 Å². The number of fused-ring (bicyclic) bond motifs is 1. The highest BCUT2D eigenvalue weighted by molar-refractivity contribution is 14.0. The van der Waals surface area contributed by atoms with Crippen LogP contribution in [0.2, 0.25) is 0 Å². The number of aliphatic imine (C=N–C) groups is 1. The first-order valence-electron chi connectivity index (χ1n) is 9.32. The lowest BCUT2D eigenvalue weighted by Gasteiger charge is -2.27. The number of nitrogens with zero attached hydrogens (tertiary/aromatic N) is 4. The van der Waals surface area contributed by atoms with Gasteiger partial charge in [0.05, 0.1) is 23.9 Å². The third-order valence-electron chi connectivity index (χ3n) is 5.01. The van der Waals surface area contributed by atoms with Crippen LogP contribution in [0.15, 0.2) is 59.9 Å². The van der Waals surface area contributed by atoms with E-state index in [9.17, 15) is 0 Å². The summed E-state index contributed by atoms with van der Waals surface area (Å²) in [7, 11) is 0. The Balaban J connectivity index is 0.00000210. The minimum atomic E-state index is 0. The molecule has 0 atom stereocenters. The smallest absolute Gasteiger partial charge is 0.191 e. The molecule has 6 heteroatoms. The average molecular weight is 475 g/mol. The number of aromatic nitrogens is 2. The van der Waals surface area contributed by atoms with Gasteiger partial charge in [-0.25, -0.2) is 9.98 Å². The van der Waals surface area contributed by atoms with Crippen LogP contribution in [0, 0.1) is 0 Å². The highest BCUT2D eigenvalue weighted by Crippen LogP contribution is 2.15. The molecule has 0 aliphatic carbocycles. The number of likely N-dealkylation sites (tertiary alicyclic amines) is 1. The number of hydrogen-bond acceptors (Lipinski definition) is 2. The van der Waals surface area contributed by atoms with E-state index < -0.39 is 0 Å². The van der Waals surface area contributed by atoms with E-state index in [1.807, 2.05) is 24.5 Å². The van der Waals surface area contributed by atoms with Crippen molar-refractivity contribution in [3.63, 3.8) is 0 Å². The van der Waals surface area contributed by atoms with Crippen molar-refractivity contribution >= 4 is 41.0 Å². The van der Waals surface area contributed by atoms with E-state index in [2.05, 4.69) is 49.8 Å². The third-order valence-corrected chi connectivity index (χ3v) is 5.01. The minimum Gasteiger partial charge on any atom is -0.370 e. The van der Waals surface area contributed by atoms with Crippen molar-refractivity contribution in [1.82, 2.24) is 14.5 Å². The van der Waals surface area contributed by atoms with Gasteiger partial charge in [0.2, 0.25) is 0 Å². The standard InChI is InChI=1S/C21H25N5.HI/c22-21(25-12-4-1-5-13-25)23-14-17-8-10-18(11-9-17)15-26-16-24-19-6-2-3-7-20(19)26;/h2-3,6-11,16H,1,4-5,12-15H2,(H2,22,23);1H. The number of para-hydroxylation sites is 2.